The average Bonchev–Trinajstić information content (AvgIpc) is 2.23. The molecule has 1 aliphatic carbocycles. The minimum atomic E-state index is -0.833. The molecule has 1 aromatic carbocycles. The molecule has 2 amide bonds. The zero-order valence-corrected chi connectivity index (χ0v) is 8.34. The van der Waals surface area contributed by atoms with Crippen molar-refractivity contribution in [2.24, 2.45) is 11.5 Å². The summed E-state index contributed by atoms with van der Waals surface area (Å²) in [5.74, 6) is -0.185. The van der Waals surface area contributed by atoms with Gasteiger partial charge in [0.05, 0.1) is 0 Å². The van der Waals surface area contributed by atoms with Gasteiger partial charge in [0.25, 0.3) is 0 Å². The van der Waals surface area contributed by atoms with Crippen LogP contribution in [-0.4, -0.2) is 17.6 Å². The molecule has 0 atom stereocenters. The molecule has 0 spiro atoms. The van der Waals surface area contributed by atoms with Crippen LogP contribution in [0.15, 0.2) is 36.4 Å². The lowest BCUT2D eigenvalue weighted by Gasteiger charge is -2.06. The maximum absolute atomic E-state index is 11.2. The molecule has 1 aromatic rings. The van der Waals surface area contributed by atoms with Crippen molar-refractivity contribution >= 4 is 17.6 Å². The lowest BCUT2D eigenvalue weighted by Crippen LogP contribution is -2.18. The molecule has 0 radical (unpaired) electrons. The van der Waals surface area contributed by atoms with Gasteiger partial charge < -0.3 is 11.5 Å². The van der Waals surface area contributed by atoms with Gasteiger partial charge in [0, 0.05) is 11.1 Å². The number of hydrogen-bond donors (Lipinski definition) is 2. The molecule has 0 fully saturated rings. The number of benzene rings is 1. The summed E-state index contributed by atoms with van der Waals surface area (Å²) in [6, 6.07) is 6.00. The summed E-state index contributed by atoms with van der Waals surface area (Å²) < 4.78 is 0. The molecule has 1 aliphatic rings. The van der Waals surface area contributed by atoms with Gasteiger partial charge in [0.15, 0.2) is 11.6 Å². The Kier molecular flexibility index (Phi) is 3.55. The number of allylic oxidation sites excluding steroid dienone is 2. The number of rotatable bonds is 0. The van der Waals surface area contributed by atoms with Crippen molar-refractivity contribution in [1.82, 2.24) is 0 Å². The van der Waals surface area contributed by atoms with E-state index in [4.69, 9.17) is 4.79 Å². The van der Waals surface area contributed by atoms with Crippen LogP contribution in [0.3, 0.4) is 0 Å². The highest BCUT2D eigenvalue weighted by Gasteiger charge is 2.16. The van der Waals surface area contributed by atoms with E-state index in [2.05, 4.69) is 11.5 Å². The monoisotopic (exact) mass is 218 g/mol. The van der Waals surface area contributed by atoms with Crippen molar-refractivity contribution < 1.29 is 14.4 Å². The first-order valence-corrected chi connectivity index (χ1v) is 4.43. The third-order valence-electron chi connectivity index (χ3n) is 1.84. The molecule has 16 heavy (non-hydrogen) atoms. The Hall–Kier alpha value is -2.43. The number of ketones is 2. The lowest BCUT2D eigenvalue weighted by atomic mass is 9.95. The molecule has 0 saturated carbocycles. The van der Waals surface area contributed by atoms with E-state index in [1.165, 1.54) is 12.2 Å². The van der Waals surface area contributed by atoms with Gasteiger partial charge >= 0.3 is 6.03 Å². The molecule has 0 bridgehead atoms. The van der Waals surface area contributed by atoms with Gasteiger partial charge in [-0.3, -0.25) is 9.59 Å². The van der Waals surface area contributed by atoms with Crippen LogP contribution in [0.5, 0.6) is 0 Å². The van der Waals surface area contributed by atoms with Gasteiger partial charge in [-0.25, -0.2) is 4.79 Å². The third-order valence-corrected chi connectivity index (χ3v) is 1.84. The molecule has 0 unspecified atom stereocenters. The molecule has 0 aromatic heterocycles. The van der Waals surface area contributed by atoms with Crippen LogP contribution in [0.4, 0.5) is 4.79 Å². The van der Waals surface area contributed by atoms with Gasteiger partial charge in [-0.05, 0) is 12.2 Å². The Labute approximate surface area is 91.7 Å². The number of carbonyl (C=O) groups is 3. The fourth-order valence-electron chi connectivity index (χ4n) is 1.24. The number of carbonyl (C=O) groups excluding carboxylic acids is 3. The van der Waals surface area contributed by atoms with E-state index in [0.29, 0.717) is 11.1 Å². The van der Waals surface area contributed by atoms with Gasteiger partial charge in [-0.15, -0.1) is 0 Å². The van der Waals surface area contributed by atoms with Crippen molar-refractivity contribution in [2.75, 3.05) is 0 Å². The van der Waals surface area contributed by atoms with E-state index >= 15 is 0 Å². The molecular formula is C11H10N2O3. The second-order valence-corrected chi connectivity index (χ2v) is 3.01. The van der Waals surface area contributed by atoms with E-state index in [0.717, 1.165) is 0 Å². The van der Waals surface area contributed by atoms with Crippen LogP contribution in [0.2, 0.25) is 0 Å². The van der Waals surface area contributed by atoms with Crippen LogP contribution < -0.4 is 11.5 Å². The topological polar surface area (TPSA) is 103 Å². The maximum Gasteiger partial charge on any atom is 0.309 e. The van der Waals surface area contributed by atoms with E-state index in [-0.39, 0.29) is 11.6 Å². The molecule has 4 N–H and O–H groups in total. The highest BCUT2D eigenvalue weighted by molar-refractivity contribution is 6.21. The summed E-state index contributed by atoms with van der Waals surface area (Å²) in [5, 5.41) is 0. The standard InChI is InChI=1S/C10H6O2.CH4N2O/c11-9-5-6-10(12)8-4-2-1-3-7(8)9;2-1(3)4/h1-6H;(H4,2,3,4). The molecule has 0 saturated heterocycles. The average molecular weight is 218 g/mol. The van der Waals surface area contributed by atoms with Crippen LogP contribution in [0, 0.1) is 0 Å². The highest BCUT2D eigenvalue weighted by atomic mass is 16.2. The molecular weight excluding hydrogens is 208 g/mol. The Morgan fingerprint density at radius 1 is 0.875 bits per heavy atom. The second kappa shape index (κ2) is 4.88. The largest absolute Gasteiger partial charge is 0.352 e. The minimum absolute atomic E-state index is 0.0924. The van der Waals surface area contributed by atoms with Gasteiger partial charge in [0.2, 0.25) is 0 Å². The summed E-state index contributed by atoms with van der Waals surface area (Å²) >= 11 is 0. The van der Waals surface area contributed by atoms with Crippen LogP contribution >= 0.6 is 0 Å². The van der Waals surface area contributed by atoms with Crippen LogP contribution in [0.25, 0.3) is 0 Å². The number of urea groups is 1. The van der Waals surface area contributed by atoms with Crippen LogP contribution in [-0.2, 0) is 0 Å². The molecule has 5 heteroatoms. The van der Waals surface area contributed by atoms with Crippen molar-refractivity contribution in [1.29, 1.82) is 0 Å². The quantitative estimate of drug-likeness (QED) is 0.667. The molecule has 0 aliphatic heterocycles. The molecule has 2 rings (SSSR count). The fraction of sp³-hybridized carbons (Fsp3) is 0. The normalized spacial score (nSPS) is 12.5. The summed E-state index contributed by atoms with van der Waals surface area (Å²) in [4.78, 5) is 31.4. The zero-order valence-electron chi connectivity index (χ0n) is 8.34. The first-order chi connectivity index (χ1) is 7.52. The lowest BCUT2D eigenvalue weighted by molar-refractivity contribution is 0.0994. The van der Waals surface area contributed by atoms with Crippen molar-refractivity contribution in [2.45, 2.75) is 0 Å². The fourth-order valence-corrected chi connectivity index (χ4v) is 1.24. The summed E-state index contributed by atoms with van der Waals surface area (Å²) in [6.45, 7) is 0. The van der Waals surface area contributed by atoms with Crippen molar-refractivity contribution in [3.8, 4) is 0 Å². The Balaban J connectivity index is 0.000000280. The van der Waals surface area contributed by atoms with Gasteiger partial charge in [0.1, 0.15) is 0 Å². The van der Waals surface area contributed by atoms with E-state index in [1.54, 1.807) is 24.3 Å². The number of amides is 2. The molecule has 82 valence electrons. The Morgan fingerprint density at radius 3 is 1.50 bits per heavy atom. The second-order valence-electron chi connectivity index (χ2n) is 3.01. The number of nitrogens with two attached hydrogens (primary N) is 2. The zero-order chi connectivity index (χ0) is 12.1. The highest BCUT2D eigenvalue weighted by Crippen LogP contribution is 2.15. The summed E-state index contributed by atoms with van der Waals surface area (Å²) in [5.41, 5.74) is 9.51. The summed E-state index contributed by atoms with van der Waals surface area (Å²) in [6.07, 6.45) is 2.62. The maximum atomic E-state index is 11.2. The van der Waals surface area contributed by atoms with E-state index < -0.39 is 6.03 Å². The van der Waals surface area contributed by atoms with Crippen molar-refractivity contribution in [3.63, 3.8) is 0 Å². The van der Waals surface area contributed by atoms with Crippen LogP contribution in [0.1, 0.15) is 20.7 Å². The third kappa shape index (κ3) is 2.78. The Morgan fingerprint density at radius 2 is 1.19 bits per heavy atom. The SMILES string of the molecule is NC(N)=O.O=C1C=CC(=O)c2ccccc21. The Bertz CT molecular complexity index is 437. The first-order valence-electron chi connectivity index (χ1n) is 4.43. The van der Waals surface area contributed by atoms with Gasteiger partial charge in [-0.1, -0.05) is 24.3 Å². The van der Waals surface area contributed by atoms with Crippen molar-refractivity contribution in [3.05, 3.63) is 47.5 Å². The minimum Gasteiger partial charge on any atom is -0.352 e. The van der Waals surface area contributed by atoms with Gasteiger partial charge in [-0.2, -0.15) is 0 Å². The molecule has 0 heterocycles. The summed E-state index contributed by atoms with van der Waals surface area (Å²) in [7, 11) is 0. The predicted molar refractivity (Wildman–Crippen MR) is 58.0 cm³/mol. The van der Waals surface area contributed by atoms with E-state index in [9.17, 15) is 9.59 Å². The predicted octanol–water partition coefficient (Wildman–Crippen LogP) is 0.646. The van der Waals surface area contributed by atoms with E-state index in [1.807, 2.05) is 0 Å². The number of fused-ring (bicyclic) bond motifs is 1. The number of primary amides is 2. The first kappa shape index (κ1) is 11.6. The molecule has 5 nitrogen and oxygen atoms in total. The smallest absolute Gasteiger partial charge is 0.309 e. The number of hydrogen-bond acceptors (Lipinski definition) is 3.